The third-order valence-corrected chi connectivity index (χ3v) is 4.56. The summed E-state index contributed by atoms with van der Waals surface area (Å²) in [5.74, 6) is 1.80. The maximum absolute atomic E-state index is 6.15. The number of aryl methyl sites for hydroxylation is 1. The zero-order chi connectivity index (χ0) is 18.6. The molecule has 0 N–H and O–H groups in total. The molecule has 0 aliphatic carbocycles. The molecule has 134 valence electrons. The summed E-state index contributed by atoms with van der Waals surface area (Å²) in [6.45, 7) is 2.46. The van der Waals surface area contributed by atoms with Gasteiger partial charge in [-0.15, -0.1) is 0 Å². The molecule has 3 aromatic carbocycles. The minimum absolute atomic E-state index is 0.414. The van der Waals surface area contributed by atoms with Gasteiger partial charge in [0.2, 0.25) is 5.82 Å². The molecule has 0 amide bonds. The highest BCUT2D eigenvalue weighted by molar-refractivity contribution is 6.31. The third kappa shape index (κ3) is 4.01. The number of benzene rings is 3. The largest absolute Gasteiger partial charge is 0.489 e. The smallest absolute Gasteiger partial charge is 0.258 e. The highest BCUT2D eigenvalue weighted by Gasteiger charge is 2.11. The third-order valence-electron chi connectivity index (χ3n) is 4.19. The average molecular weight is 377 g/mol. The summed E-state index contributed by atoms with van der Waals surface area (Å²) < 4.78 is 11.2. The molecular formula is C22H17ClN2O2. The summed E-state index contributed by atoms with van der Waals surface area (Å²) in [7, 11) is 0. The summed E-state index contributed by atoms with van der Waals surface area (Å²) in [6.07, 6.45) is 0. The Morgan fingerprint density at radius 2 is 1.59 bits per heavy atom. The number of hydrogen-bond acceptors (Lipinski definition) is 4. The van der Waals surface area contributed by atoms with E-state index in [-0.39, 0.29) is 0 Å². The fraction of sp³-hybridized carbons (Fsp3) is 0.0909. The number of nitrogens with zero attached hydrogens (tertiary/aromatic N) is 2. The molecule has 4 nitrogen and oxygen atoms in total. The van der Waals surface area contributed by atoms with Gasteiger partial charge in [0.1, 0.15) is 12.4 Å². The normalized spacial score (nSPS) is 10.7. The minimum Gasteiger partial charge on any atom is -0.489 e. The Balaban J connectivity index is 1.46. The van der Waals surface area contributed by atoms with Crippen molar-refractivity contribution < 1.29 is 9.26 Å². The predicted octanol–water partition coefficient (Wildman–Crippen LogP) is 5.94. The maximum Gasteiger partial charge on any atom is 0.258 e. The Labute approximate surface area is 162 Å². The van der Waals surface area contributed by atoms with Crippen LogP contribution in [0.5, 0.6) is 5.75 Å². The van der Waals surface area contributed by atoms with E-state index in [1.807, 2.05) is 79.7 Å². The van der Waals surface area contributed by atoms with Crippen LogP contribution in [0.15, 0.2) is 77.3 Å². The molecule has 0 aliphatic heterocycles. The lowest BCUT2D eigenvalue weighted by Gasteiger charge is -2.07. The zero-order valence-corrected chi connectivity index (χ0v) is 15.5. The van der Waals surface area contributed by atoms with Crippen molar-refractivity contribution in [1.29, 1.82) is 0 Å². The van der Waals surface area contributed by atoms with Gasteiger partial charge in [-0.05, 0) is 37.3 Å². The molecule has 0 fully saturated rings. The van der Waals surface area contributed by atoms with Crippen LogP contribution in [0.4, 0.5) is 0 Å². The Hall–Kier alpha value is -3.11. The van der Waals surface area contributed by atoms with Gasteiger partial charge in [0.05, 0.1) is 0 Å². The summed E-state index contributed by atoms with van der Waals surface area (Å²) in [4.78, 5) is 4.48. The van der Waals surface area contributed by atoms with Crippen molar-refractivity contribution in [2.24, 2.45) is 0 Å². The molecule has 0 radical (unpaired) electrons. The predicted molar refractivity (Wildman–Crippen MR) is 106 cm³/mol. The van der Waals surface area contributed by atoms with Gasteiger partial charge < -0.3 is 9.26 Å². The molecule has 1 aromatic heterocycles. The average Bonchev–Trinajstić information content (AvgIpc) is 3.18. The number of halogens is 1. The number of ether oxygens (including phenoxy) is 1. The van der Waals surface area contributed by atoms with E-state index in [4.69, 9.17) is 20.9 Å². The van der Waals surface area contributed by atoms with Crippen LogP contribution >= 0.6 is 11.6 Å². The fourth-order valence-electron chi connectivity index (χ4n) is 2.63. The fourth-order valence-corrected chi connectivity index (χ4v) is 2.82. The van der Waals surface area contributed by atoms with Crippen LogP contribution in [-0.2, 0) is 6.61 Å². The first-order valence-corrected chi connectivity index (χ1v) is 8.94. The van der Waals surface area contributed by atoms with Gasteiger partial charge in [0.15, 0.2) is 0 Å². The molecule has 4 aromatic rings. The summed E-state index contributed by atoms with van der Waals surface area (Å²) >= 11 is 6.15. The lowest BCUT2D eigenvalue weighted by molar-refractivity contribution is 0.306. The highest BCUT2D eigenvalue weighted by atomic mass is 35.5. The van der Waals surface area contributed by atoms with E-state index < -0.39 is 0 Å². The molecular weight excluding hydrogens is 360 g/mol. The first-order valence-electron chi connectivity index (χ1n) is 8.56. The second-order valence-corrected chi connectivity index (χ2v) is 6.60. The lowest BCUT2D eigenvalue weighted by atomic mass is 10.1. The van der Waals surface area contributed by atoms with Gasteiger partial charge in [-0.1, -0.05) is 64.8 Å². The van der Waals surface area contributed by atoms with E-state index in [9.17, 15) is 0 Å². The Morgan fingerprint density at radius 3 is 2.33 bits per heavy atom. The monoisotopic (exact) mass is 376 g/mol. The van der Waals surface area contributed by atoms with Gasteiger partial charge in [-0.2, -0.15) is 4.98 Å². The van der Waals surface area contributed by atoms with Gasteiger partial charge in [-0.3, -0.25) is 0 Å². The van der Waals surface area contributed by atoms with Crippen molar-refractivity contribution in [1.82, 2.24) is 10.1 Å². The van der Waals surface area contributed by atoms with Crippen LogP contribution in [0.3, 0.4) is 0 Å². The minimum atomic E-state index is 0.414. The molecule has 27 heavy (non-hydrogen) atoms. The molecule has 4 rings (SSSR count). The van der Waals surface area contributed by atoms with E-state index in [0.29, 0.717) is 23.3 Å². The van der Waals surface area contributed by atoms with E-state index in [0.717, 1.165) is 22.4 Å². The van der Waals surface area contributed by atoms with E-state index in [1.54, 1.807) is 0 Å². The van der Waals surface area contributed by atoms with E-state index in [2.05, 4.69) is 10.1 Å². The second kappa shape index (κ2) is 7.64. The topological polar surface area (TPSA) is 48.2 Å². The molecule has 5 heteroatoms. The second-order valence-electron chi connectivity index (χ2n) is 6.19. The Kier molecular flexibility index (Phi) is 4.90. The zero-order valence-electron chi connectivity index (χ0n) is 14.7. The molecule has 0 saturated heterocycles. The molecule has 0 saturated carbocycles. The first-order chi connectivity index (χ1) is 13.2. The van der Waals surface area contributed by atoms with Crippen molar-refractivity contribution in [2.75, 3.05) is 0 Å². The van der Waals surface area contributed by atoms with Gasteiger partial charge in [0, 0.05) is 21.7 Å². The van der Waals surface area contributed by atoms with E-state index >= 15 is 0 Å². The van der Waals surface area contributed by atoms with Crippen molar-refractivity contribution in [3.63, 3.8) is 0 Å². The Bertz CT molecular complexity index is 1040. The molecule has 1 heterocycles. The van der Waals surface area contributed by atoms with Crippen LogP contribution in [0.2, 0.25) is 5.02 Å². The molecule has 0 unspecified atom stereocenters. The lowest BCUT2D eigenvalue weighted by Crippen LogP contribution is -1.95. The molecule has 0 bridgehead atoms. The Morgan fingerprint density at radius 1 is 0.889 bits per heavy atom. The number of hydrogen-bond donors (Lipinski definition) is 0. The standard InChI is InChI=1S/C22H17ClN2O2/c1-15-6-8-16(9-7-15)21-24-22(27-25-21)17-10-12-19(13-11-17)26-14-18-4-2-3-5-20(18)23/h2-13H,14H2,1H3. The van der Waals surface area contributed by atoms with Gasteiger partial charge in [0.25, 0.3) is 5.89 Å². The number of rotatable bonds is 5. The van der Waals surface area contributed by atoms with Crippen molar-refractivity contribution in [3.05, 3.63) is 88.9 Å². The highest BCUT2D eigenvalue weighted by Crippen LogP contribution is 2.25. The van der Waals surface area contributed by atoms with Gasteiger partial charge >= 0.3 is 0 Å². The number of aromatic nitrogens is 2. The molecule has 0 spiro atoms. The van der Waals surface area contributed by atoms with Gasteiger partial charge in [-0.25, -0.2) is 0 Å². The van der Waals surface area contributed by atoms with Crippen molar-refractivity contribution >= 4 is 11.6 Å². The first kappa shape index (κ1) is 17.3. The SMILES string of the molecule is Cc1ccc(-c2noc(-c3ccc(OCc4ccccc4Cl)cc3)n2)cc1. The summed E-state index contributed by atoms with van der Waals surface area (Å²) in [5.41, 5.74) is 3.90. The summed E-state index contributed by atoms with van der Waals surface area (Å²) in [5, 5.41) is 4.77. The van der Waals surface area contributed by atoms with Crippen LogP contribution in [0.1, 0.15) is 11.1 Å². The van der Waals surface area contributed by atoms with Crippen LogP contribution in [-0.4, -0.2) is 10.1 Å². The summed E-state index contributed by atoms with van der Waals surface area (Å²) in [6, 6.07) is 23.2. The van der Waals surface area contributed by atoms with Crippen LogP contribution in [0, 0.1) is 6.92 Å². The quantitative estimate of drug-likeness (QED) is 0.432. The maximum atomic E-state index is 6.15. The van der Waals surface area contributed by atoms with Crippen molar-refractivity contribution in [3.8, 4) is 28.6 Å². The van der Waals surface area contributed by atoms with Crippen LogP contribution < -0.4 is 4.74 Å². The van der Waals surface area contributed by atoms with Crippen LogP contribution in [0.25, 0.3) is 22.8 Å². The molecule has 0 aliphatic rings. The van der Waals surface area contributed by atoms with E-state index in [1.165, 1.54) is 5.56 Å². The molecule has 0 atom stereocenters. The van der Waals surface area contributed by atoms with Crippen molar-refractivity contribution in [2.45, 2.75) is 13.5 Å².